The fourth-order valence-electron chi connectivity index (χ4n) is 3.36. The molecule has 4 rings (SSSR count). The molecule has 1 aliphatic rings. The first kappa shape index (κ1) is 20.7. The zero-order valence-electron chi connectivity index (χ0n) is 17.3. The van der Waals surface area contributed by atoms with Gasteiger partial charge in [-0.15, -0.1) is 0 Å². The molecule has 1 aromatic heterocycles. The first-order valence-corrected chi connectivity index (χ1v) is 10.2. The van der Waals surface area contributed by atoms with Crippen molar-refractivity contribution in [3.8, 4) is 17.2 Å². The number of aromatic nitrogens is 1. The van der Waals surface area contributed by atoms with E-state index in [1.54, 1.807) is 47.2 Å². The van der Waals surface area contributed by atoms with Crippen molar-refractivity contribution in [2.45, 2.75) is 13.5 Å². The van der Waals surface area contributed by atoms with Gasteiger partial charge in [-0.3, -0.25) is 9.59 Å². The number of amides is 1. The molecule has 0 fully saturated rings. The van der Waals surface area contributed by atoms with Gasteiger partial charge in [0.2, 0.25) is 0 Å². The van der Waals surface area contributed by atoms with Gasteiger partial charge in [-0.2, -0.15) is 0 Å². The van der Waals surface area contributed by atoms with E-state index in [4.69, 9.17) is 18.9 Å². The van der Waals surface area contributed by atoms with Crippen LogP contribution in [0.3, 0.4) is 0 Å². The van der Waals surface area contributed by atoms with Crippen molar-refractivity contribution in [2.75, 3.05) is 38.4 Å². The minimum absolute atomic E-state index is 0.122. The first-order chi connectivity index (χ1) is 15.2. The zero-order valence-corrected chi connectivity index (χ0v) is 17.3. The van der Waals surface area contributed by atoms with Gasteiger partial charge in [-0.1, -0.05) is 6.07 Å². The summed E-state index contributed by atoms with van der Waals surface area (Å²) < 4.78 is 23.7. The van der Waals surface area contributed by atoms with E-state index in [-0.39, 0.29) is 18.1 Å². The number of hydrogen-bond acceptors (Lipinski definition) is 6. The molecular weight excluding hydrogens is 400 g/mol. The van der Waals surface area contributed by atoms with Gasteiger partial charge in [0.05, 0.1) is 12.0 Å². The number of benzene rings is 2. The SMILES string of the molecule is CCOCCn1ccc2c(OCC(=O)Nc3ccc4c(c3)OCCO4)cccc2c1=O. The molecule has 0 atom stereocenters. The van der Waals surface area contributed by atoms with Crippen LogP contribution >= 0.6 is 0 Å². The molecule has 162 valence electrons. The van der Waals surface area contributed by atoms with E-state index in [1.165, 1.54) is 0 Å². The molecule has 0 bridgehead atoms. The van der Waals surface area contributed by atoms with Gasteiger partial charge >= 0.3 is 0 Å². The Kier molecular flexibility index (Phi) is 6.37. The molecule has 2 aromatic carbocycles. The van der Waals surface area contributed by atoms with Crippen molar-refractivity contribution in [3.05, 3.63) is 59.0 Å². The fraction of sp³-hybridized carbons (Fsp3) is 0.304. The second-order valence-electron chi connectivity index (χ2n) is 6.92. The maximum atomic E-state index is 12.7. The molecular formula is C23H24N2O6. The third kappa shape index (κ3) is 4.80. The maximum absolute atomic E-state index is 12.7. The highest BCUT2D eigenvalue weighted by Crippen LogP contribution is 2.32. The number of hydrogen-bond donors (Lipinski definition) is 1. The zero-order chi connectivity index (χ0) is 21.6. The largest absolute Gasteiger partial charge is 0.486 e. The van der Waals surface area contributed by atoms with Gasteiger partial charge in [0.15, 0.2) is 18.1 Å². The van der Waals surface area contributed by atoms with Gasteiger partial charge in [0.25, 0.3) is 11.5 Å². The Morgan fingerprint density at radius 3 is 2.77 bits per heavy atom. The van der Waals surface area contributed by atoms with Crippen molar-refractivity contribution in [1.29, 1.82) is 0 Å². The minimum Gasteiger partial charge on any atom is -0.486 e. The van der Waals surface area contributed by atoms with Crippen LogP contribution < -0.4 is 25.1 Å². The number of nitrogens with zero attached hydrogens (tertiary/aromatic N) is 1. The normalized spacial score (nSPS) is 12.5. The topological polar surface area (TPSA) is 88.0 Å². The summed E-state index contributed by atoms with van der Waals surface area (Å²) in [6, 6.07) is 12.3. The van der Waals surface area contributed by atoms with Gasteiger partial charge < -0.3 is 28.8 Å². The smallest absolute Gasteiger partial charge is 0.262 e. The predicted octanol–water partition coefficient (Wildman–Crippen LogP) is 2.83. The summed E-state index contributed by atoms with van der Waals surface area (Å²) in [7, 11) is 0. The van der Waals surface area contributed by atoms with Crippen molar-refractivity contribution >= 4 is 22.4 Å². The molecule has 1 amide bonds. The molecule has 0 saturated heterocycles. The maximum Gasteiger partial charge on any atom is 0.262 e. The van der Waals surface area contributed by atoms with Crippen LogP contribution in [0.1, 0.15) is 6.92 Å². The lowest BCUT2D eigenvalue weighted by Crippen LogP contribution is -2.23. The standard InChI is InChI=1S/C23H24N2O6/c1-2-28-11-10-25-9-8-17-18(23(25)27)4-3-5-19(17)31-15-22(26)24-16-6-7-20-21(14-16)30-13-12-29-20/h3-9,14H,2,10-13,15H2,1H3,(H,24,26). The van der Waals surface area contributed by atoms with E-state index in [9.17, 15) is 9.59 Å². The van der Waals surface area contributed by atoms with E-state index < -0.39 is 0 Å². The van der Waals surface area contributed by atoms with Crippen LogP contribution in [-0.2, 0) is 16.1 Å². The molecule has 1 aliphatic heterocycles. The molecule has 3 aromatic rings. The number of pyridine rings is 1. The van der Waals surface area contributed by atoms with Crippen LogP contribution in [0, 0.1) is 0 Å². The highest BCUT2D eigenvalue weighted by Gasteiger charge is 2.14. The molecule has 8 heteroatoms. The van der Waals surface area contributed by atoms with Crippen LogP contribution in [-0.4, -0.2) is 43.5 Å². The van der Waals surface area contributed by atoms with E-state index in [0.717, 1.165) is 0 Å². The summed E-state index contributed by atoms with van der Waals surface area (Å²) in [4.78, 5) is 25.1. The monoisotopic (exact) mass is 424 g/mol. The van der Waals surface area contributed by atoms with E-state index in [1.807, 2.05) is 13.0 Å². The number of carbonyl (C=O) groups is 1. The molecule has 0 aliphatic carbocycles. The number of carbonyl (C=O) groups excluding carboxylic acids is 1. The van der Waals surface area contributed by atoms with Gasteiger partial charge in [0, 0.05) is 36.5 Å². The van der Waals surface area contributed by atoms with E-state index in [2.05, 4.69) is 5.32 Å². The lowest BCUT2D eigenvalue weighted by Gasteiger charge is -2.19. The van der Waals surface area contributed by atoms with Crippen LogP contribution in [0.15, 0.2) is 53.5 Å². The summed E-state index contributed by atoms with van der Waals surface area (Å²) in [5, 5.41) is 3.97. The van der Waals surface area contributed by atoms with Crippen molar-refractivity contribution in [3.63, 3.8) is 0 Å². The highest BCUT2D eigenvalue weighted by atomic mass is 16.6. The molecule has 0 spiro atoms. The Hall–Kier alpha value is -3.52. The number of nitrogens with one attached hydrogen (secondary N) is 1. The molecule has 8 nitrogen and oxygen atoms in total. The van der Waals surface area contributed by atoms with Crippen LogP contribution in [0.25, 0.3) is 10.8 Å². The van der Waals surface area contributed by atoms with Gasteiger partial charge in [-0.25, -0.2) is 0 Å². The number of rotatable bonds is 8. The first-order valence-electron chi connectivity index (χ1n) is 10.2. The van der Waals surface area contributed by atoms with E-state index >= 15 is 0 Å². The van der Waals surface area contributed by atoms with Crippen LogP contribution in [0.2, 0.25) is 0 Å². The second kappa shape index (κ2) is 9.53. The third-order valence-electron chi connectivity index (χ3n) is 4.84. The Labute approximate surface area is 179 Å². The van der Waals surface area contributed by atoms with Gasteiger partial charge in [0.1, 0.15) is 19.0 Å². The molecule has 31 heavy (non-hydrogen) atoms. The van der Waals surface area contributed by atoms with E-state index in [0.29, 0.717) is 66.7 Å². The summed E-state index contributed by atoms with van der Waals surface area (Å²) in [6.07, 6.45) is 1.71. The molecule has 2 heterocycles. The van der Waals surface area contributed by atoms with Gasteiger partial charge in [-0.05, 0) is 37.3 Å². The van der Waals surface area contributed by atoms with Crippen LogP contribution in [0.4, 0.5) is 5.69 Å². The van der Waals surface area contributed by atoms with Crippen molar-refractivity contribution in [1.82, 2.24) is 4.57 Å². The summed E-state index contributed by atoms with van der Waals surface area (Å²) in [6.45, 7) is 4.26. The molecule has 0 saturated carbocycles. The molecule has 1 N–H and O–H groups in total. The minimum atomic E-state index is -0.321. The Morgan fingerprint density at radius 1 is 1.10 bits per heavy atom. The van der Waals surface area contributed by atoms with Crippen molar-refractivity contribution in [2.24, 2.45) is 0 Å². The third-order valence-corrected chi connectivity index (χ3v) is 4.84. The predicted molar refractivity (Wildman–Crippen MR) is 116 cm³/mol. The Bertz CT molecular complexity index is 1140. The average molecular weight is 424 g/mol. The Balaban J connectivity index is 1.43. The number of fused-ring (bicyclic) bond motifs is 2. The van der Waals surface area contributed by atoms with Crippen LogP contribution in [0.5, 0.6) is 17.2 Å². The quantitative estimate of drug-likeness (QED) is 0.560. The number of ether oxygens (including phenoxy) is 4. The van der Waals surface area contributed by atoms with Crippen molar-refractivity contribution < 1.29 is 23.7 Å². The molecule has 0 unspecified atom stereocenters. The summed E-state index contributed by atoms with van der Waals surface area (Å²) in [5.41, 5.74) is 0.469. The second-order valence-corrected chi connectivity index (χ2v) is 6.92. The fourth-order valence-corrected chi connectivity index (χ4v) is 3.36. The summed E-state index contributed by atoms with van der Waals surface area (Å²) in [5.74, 6) is 1.41. The average Bonchev–Trinajstić information content (AvgIpc) is 2.79. The highest BCUT2D eigenvalue weighted by molar-refractivity contribution is 5.93. The summed E-state index contributed by atoms with van der Waals surface area (Å²) >= 11 is 0. The Morgan fingerprint density at radius 2 is 1.94 bits per heavy atom. The lowest BCUT2D eigenvalue weighted by molar-refractivity contribution is -0.118. The molecule has 0 radical (unpaired) electrons. The lowest BCUT2D eigenvalue weighted by atomic mass is 10.1. The number of anilines is 1.